The summed E-state index contributed by atoms with van der Waals surface area (Å²) in [5.74, 6) is -0.353. The van der Waals surface area contributed by atoms with Gasteiger partial charge in [0.1, 0.15) is 0 Å². The van der Waals surface area contributed by atoms with E-state index in [4.69, 9.17) is 0 Å². The number of hydrogen-bond acceptors (Lipinski definition) is 4. The molecular weight excluding hydrogens is 288 g/mol. The Bertz CT molecular complexity index is 511. The van der Waals surface area contributed by atoms with E-state index in [-0.39, 0.29) is 37.0 Å². The highest BCUT2D eigenvalue weighted by Gasteiger charge is 2.17. The van der Waals surface area contributed by atoms with Gasteiger partial charge in [0.2, 0.25) is 11.8 Å². The van der Waals surface area contributed by atoms with E-state index in [9.17, 15) is 14.4 Å². The average molecular weight is 310 g/mol. The van der Waals surface area contributed by atoms with E-state index in [1.54, 1.807) is 6.07 Å². The van der Waals surface area contributed by atoms with Crippen LogP contribution in [0.15, 0.2) is 12.1 Å². The normalized spacial score (nSPS) is 10.2. The molecule has 5 nitrogen and oxygen atoms in total. The van der Waals surface area contributed by atoms with Crippen molar-refractivity contribution < 1.29 is 14.4 Å². The lowest BCUT2D eigenvalue weighted by atomic mass is 10.2. The number of nitrogens with zero attached hydrogens (tertiary/aromatic N) is 1. The van der Waals surface area contributed by atoms with Crippen molar-refractivity contribution >= 4 is 28.9 Å². The first kappa shape index (κ1) is 17.4. The van der Waals surface area contributed by atoms with Crippen molar-refractivity contribution in [3.05, 3.63) is 21.9 Å². The summed E-state index contributed by atoms with van der Waals surface area (Å²) in [4.78, 5) is 38.8. The Morgan fingerprint density at radius 2 is 1.90 bits per heavy atom. The van der Waals surface area contributed by atoms with Gasteiger partial charge in [-0.1, -0.05) is 0 Å². The maximum absolute atomic E-state index is 12.1. The molecule has 0 atom stereocenters. The lowest BCUT2D eigenvalue weighted by Crippen LogP contribution is -2.40. The quantitative estimate of drug-likeness (QED) is 0.747. The summed E-state index contributed by atoms with van der Waals surface area (Å²) in [5, 5.41) is 2.66. The van der Waals surface area contributed by atoms with Gasteiger partial charge >= 0.3 is 0 Å². The van der Waals surface area contributed by atoms with E-state index >= 15 is 0 Å². The number of Topliss-reactive ketones (excluding diaryl/α,β-unsaturated/α-hetero) is 1. The van der Waals surface area contributed by atoms with Crippen LogP contribution >= 0.6 is 11.3 Å². The fourth-order valence-electron chi connectivity index (χ4n) is 1.89. The van der Waals surface area contributed by atoms with E-state index in [0.29, 0.717) is 18.0 Å². The molecule has 1 aromatic heterocycles. The Hall–Kier alpha value is -1.69. The summed E-state index contributed by atoms with van der Waals surface area (Å²) in [7, 11) is 0. The molecule has 0 aliphatic carbocycles. The third kappa shape index (κ3) is 5.67. The molecule has 0 unspecified atom stereocenters. The standard InChI is InChI=1S/C15H22N2O3S/c1-4-16-14(19)10-17(5-2)15(20)9-7-12(18)13-8-6-11(3)21-13/h6,8H,4-5,7,9-10H2,1-3H3,(H,16,19). The predicted molar refractivity (Wildman–Crippen MR) is 83.6 cm³/mol. The first-order chi connectivity index (χ1) is 9.97. The van der Waals surface area contributed by atoms with Crippen molar-refractivity contribution in [2.24, 2.45) is 0 Å². The Balaban J connectivity index is 2.47. The number of amides is 2. The molecule has 1 N–H and O–H groups in total. The number of hydrogen-bond donors (Lipinski definition) is 1. The Kier molecular flexibility index (Phi) is 7.08. The zero-order chi connectivity index (χ0) is 15.8. The molecule has 0 spiro atoms. The van der Waals surface area contributed by atoms with E-state index in [1.807, 2.05) is 26.8 Å². The number of thiophene rings is 1. The van der Waals surface area contributed by atoms with E-state index in [0.717, 1.165) is 4.88 Å². The van der Waals surface area contributed by atoms with Gasteiger partial charge in [0.25, 0.3) is 0 Å². The molecule has 1 heterocycles. The Labute approximate surface area is 129 Å². The highest BCUT2D eigenvalue weighted by Crippen LogP contribution is 2.17. The lowest BCUT2D eigenvalue weighted by Gasteiger charge is -2.20. The van der Waals surface area contributed by atoms with Crippen LogP contribution in [0.3, 0.4) is 0 Å². The van der Waals surface area contributed by atoms with Gasteiger partial charge in [-0.25, -0.2) is 0 Å². The van der Waals surface area contributed by atoms with Crippen LogP contribution in [-0.4, -0.2) is 42.1 Å². The second kappa shape index (κ2) is 8.56. The first-order valence-electron chi connectivity index (χ1n) is 7.12. The minimum Gasteiger partial charge on any atom is -0.355 e. The summed E-state index contributed by atoms with van der Waals surface area (Å²) in [6.45, 7) is 6.65. The minimum absolute atomic E-state index is 0.0180. The van der Waals surface area contributed by atoms with E-state index in [2.05, 4.69) is 5.32 Å². The number of ketones is 1. The summed E-state index contributed by atoms with van der Waals surface area (Å²) in [6, 6.07) is 3.69. The fraction of sp³-hybridized carbons (Fsp3) is 0.533. The topological polar surface area (TPSA) is 66.5 Å². The molecule has 1 aromatic rings. The van der Waals surface area contributed by atoms with Crippen LogP contribution in [-0.2, 0) is 9.59 Å². The van der Waals surface area contributed by atoms with Crippen molar-refractivity contribution in [1.29, 1.82) is 0 Å². The van der Waals surface area contributed by atoms with E-state index < -0.39 is 0 Å². The summed E-state index contributed by atoms with van der Waals surface area (Å²) >= 11 is 1.44. The molecule has 0 aromatic carbocycles. The number of likely N-dealkylation sites (N-methyl/N-ethyl adjacent to an activating group) is 2. The molecule has 0 fully saturated rings. The second-order valence-corrected chi connectivity index (χ2v) is 5.98. The summed E-state index contributed by atoms with van der Waals surface area (Å²) < 4.78 is 0. The molecule has 21 heavy (non-hydrogen) atoms. The molecule has 2 amide bonds. The maximum atomic E-state index is 12.1. The van der Waals surface area contributed by atoms with Gasteiger partial charge in [-0.05, 0) is 32.9 Å². The van der Waals surface area contributed by atoms with Crippen LogP contribution < -0.4 is 5.32 Å². The van der Waals surface area contributed by atoms with Gasteiger partial charge in [0.15, 0.2) is 5.78 Å². The van der Waals surface area contributed by atoms with Gasteiger partial charge in [-0.15, -0.1) is 11.3 Å². The van der Waals surface area contributed by atoms with Crippen molar-refractivity contribution in [1.82, 2.24) is 10.2 Å². The van der Waals surface area contributed by atoms with Crippen LogP contribution in [0.25, 0.3) is 0 Å². The largest absolute Gasteiger partial charge is 0.355 e. The second-order valence-electron chi connectivity index (χ2n) is 4.69. The third-order valence-corrected chi connectivity index (χ3v) is 4.07. The molecule has 0 aliphatic heterocycles. The molecule has 0 saturated carbocycles. The average Bonchev–Trinajstić information content (AvgIpc) is 2.88. The molecule has 0 saturated heterocycles. The number of carbonyl (C=O) groups is 3. The van der Waals surface area contributed by atoms with Gasteiger partial charge < -0.3 is 10.2 Å². The lowest BCUT2D eigenvalue weighted by molar-refractivity contribution is -0.135. The highest BCUT2D eigenvalue weighted by atomic mass is 32.1. The monoisotopic (exact) mass is 310 g/mol. The zero-order valence-electron chi connectivity index (χ0n) is 12.8. The summed E-state index contributed by atoms with van der Waals surface area (Å²) in [5.41, 5.74) is 0. The van der Waals surface area contributed by atoms with Gasteiger partial charge in [-0.3, -0.25) is 14.4 Å². The number of aryl methyl sites for hydroxylation is 1. The fourth-order valence-corrected chi connectivity index (χ4v) is 2.72. The van der Waals surface area contributed by atoms with Gasteiger partial charge in [0.05, 0.1) is 11.4 Å². The van der Waals surface area contributed by atoms with Crippen LogP contribution in [0.5, 0.6) is 0 Å². The molecule has 1 rings (SSSR count). The first-order valence-corrected chi connectivity index (χ1v) is 7.93. The molecule has 0 aliphatic rings. The number of carbonyl (C=O) groups excluding carboxylic acids is 3. The van der Waals surface area contributed by atoms with Crippen molar-refractivity contribution in [2.75, 3.05) is 19.6 Å². The molecule has 116 valence electrons. The molecule has 0 bridgehead atoms. The number of rotatable bonds is 8. The summed E-state index contributed by atoms with van der Waals surface area (Å²) in [6.07, 6.45) is 0.327. The van der Waals surface area contributed by atoms with Crippen LogP contribution in [0.4, 0.5) is 0 Å². The SMILES string of the molecule is CCNC(=O)CN(CC)C(=O)CCC(=O)c1ccc(C)s1. The van der Waals surface area contributed by atoms with Gasteiger partial charge in [-0.2, -0.15) is 0 Å². The van der Waals surface area contributed by atoms with Gasteiger partial charge in [0, 0.05) is 30.8 Å². The third-order valence-electron chi connectivity index (χ3n) is 3.02. The molecular formula is C15H22N2O3S. The molecule has 6 heteroatoms. The van der Waals surface area contributed by atoms with Crippen LogP contribution in [0.2, 0.25) is 0 Å². The van der Waals surface area contributed by atoms with Crippen LogP contribution in [0.1, 0.15) is 41.2 Å². The van der Waals surface area contributed by atoms with Crippen molar-refractivity contribution in [3.63, 3.8) is 0 Å². The predicted octanol–water partition coefficient (Wildman–Crippen LogP) is 2.00. The number of nitrogens with one attached hydrogen (secondary N) is 1. The van der Waals surface area contributed by atoms with E-state index in [1.165, 1.54) is 16.2 Å². The smallest absolute Gasteiger partial charge is 0.239 e. The van der Waals surface area contributed by atoms with Crippen molar-refractivity contribution in [2.45, 2.75) is 33.6 Å². The maximum Gasteiger partial charge on any atom is 0.239 e. The Morgan fingerprint density at radius 1 is 1.19 bits per heavy atom. The Morgan fingerprint density at radius 3 is 2.43 bits per heavy atom. The zero-order valence-corrected chi connectivity index (χ0v) is 13.6. The highest BCUT2D eigenvalue weighted by molar-refractivity contribution is 7.14. The van der Waals surface area contributed by atoms with Crippen LogP contribution in [0, 0.1) is 6.92 Å². The minimum atomic E-state index is -0.173. The molecule has 0 radical (unpaired) electrons. The van der Waals surface area contributed by atoms with Crippen molar-refractivity contribution in [3.8, 4) is 0 Å².